The van der Waals surface area contributed by atoms with Crippen LogP contribution < -0.4 is 21.5 Å². The molecule has 0 unspecified atom stereocenters. The van der Waals surface area contributed by atoms with E-state index in [9.17, 15) is 54.7 Å². The minimum Gasteiger partial charge on any atom is -0.478 e. The van der Waals surface area contributed by atoms with Crippen LogP contribution in [0.15, 0.2) is 128 Å². The third-order valence-corrected chi connectivity index (χ3v) is 9.23. The quantitative estimate of drug-likeness (QED) is 0.0564. The molecule has 8 N–H and O–H groups in total. The van der Waals surface area contributed by atoms with Crippen LogP contribution in [0.2, 0.25) is 0 Å². The molecule has 0 fully saturated rings. The number of rotatable bonds is 12. The topological polar surface area (TPSA) is 324 Å². The fourth-order valence-electron chi connectivity index (χ4n) is 4.75. The number of ketones is 2. The minimum atomic E-state index is -4.91. The van der Waals surface area contributed by atoms with Crippen molar-refractivity contribution in [1.29, 1.82) is 0 Å². The van der Waals surface area contributed by atoms with Crippen LogP contribution in [0.1, 0.15) is 20.7 Å². The van der Waals surface area contributed by atoms with Crippen molar-refractivity contribution in [3.63, 3.8) is 0 Å². The number of hydrogen-bond donors (Lipinski definition) is 8. The summed E-state index contributed by atoms with van der Waals surface area (Å²) in [5.74, 6) is -6.09. The zero-order valence-electron chi connectivity index (χ0n) is 27.8. The van der Waals surface area contributed by atoms with Crippen LogP contribution in [0.3, 0.4) is 0 Å². The number of carbonyl (C=O) groups excluding carboxylic acids is 4. The van der Waals surface area contributed by atoms with Gasteiger partial charge in [-0.2, -0.15) is 27.0 Å². The molecular weight excluding hydrogens is 781 g/mol. The normalized spacial score (nSPS) is 15.5. The lowest BCUT2D eigenvalue weighted by molar-refractivity contribution is -0.135. The predicted octanol–water partition coefficient (Wildman–Crippen LogP) is 2.52. The Bertz CT molecular complexity index is 2480. The molecule has 286 valence electrons. The lowest BCUT2D eigenvalue weighted by atomic mass is 10.0. The Balaban J connectivity index is 1.27. The second kappa shape index (κ2) is 15.9. The Labute approximate surface area is 314 Å². The van der Waals surface area contributed by atoms with Gasteiger partial charge in [0.2, 0.25) is 0 Å². The van der Waals surface area contributed by atoms with E-state index in [2.05, 4.69) is 31.7 Å². The summed E-state index contributed by atoms with van der Waals surface area (Å²) in [6.45, 7) is 0. The smallest absolute Gasteiger partial charge is 0.339 e. The maximum Gasteiger partial charge on any atom is 0.339 e. The van der Waals surface area contributed by atoms with Crippen LogP contribution >= 0.6 is 0 Å². The molecule has 2 aliphatic carbocycles. The first-order valence-electron chi connectivity index (χ1n) is 15.3. The Morgan fingerprint density at radius 1 is 0.536 bits per heavy atom. The van der Waals surface area contributed by atoms with Gasteiger partial charge in [0.15, 0.2) is 11.6 Å². The Kier molecular flexibility index (Phi) is 11.3. The molecule has 0 saturated carbocycles. The molecule has 0 aliphatic heterocycles. The van der Waals surface area contributed by atoms with Gasteiger partial charge in [0, 0.05) is 22.5 Å². The number of allylic oxidation sites excluding steroid dienone is 6. The second-order valence-corrected chi connectivity index (χ2v) is 14.1. The van der Waals surface area contributed by atoms with Crippen molar-refractivity contribution in [3.05, 3.63) is 119 Å². The van der Waals surface area contributed by atoms with E-state index in [1.165, 1.54) is 48.6 Å². The summed E-state index contributed by atoms with van der Waals surface area (Å²) in [6.07, 6.45) is 6.15. The number of nitrogens with zero attached hydrogens (tertiary/aromatic N) is 2. The zero-order chi connectivity index (χ0) is 40.9. The van der Waals surface area contributed by atoms with Crippen molar-refractivity contribution in [2.75, 3.05) is 21.5 Å². The van der Waals surface area contributed by atoms with E-state index in [0.29, 0.717) is 0 Å². The summed E-state index contributed by atoms with van der Waals surface area (Å²) in [5.41, 5.74) is 2.74. The number of anilines is 4. The van der Waals surface area contributed by atoms with E-state index in [4.69, 9.17) is 10.2 Å². The van der Waals surface area contributed by atoms with E-state index in [1.54, 1.807) is 0 Å². The van der Waals surface area contributed by atoms with Crippen LogP contribution in [0.4, 0.5) is 22.7 Å². The Morgan fingerprint density at radius 2 is 0.893 bits per heavy atom. The van der Waals surface area contributed by atoms with Crippen LogP contribution in [0, 0.1) is 0 Å². The molecule has 0 saturated heterocycles. The highest BCUT2D eigenvalue weighted by Gasteiger charge is 2.22. The summed E-state index contributed by atoms with van der Waals surface area (Å²) in [7, 11) is -9.82. The van der Waals surface area contributed by atoms with Crippen LogP contribution in [0.25, 0.3) is 0 Å². The zero-order valence-corrected chi connectivity index (χ0v) is 29.5. The molecule has 22 heteroatoms. The molecule has 2 aliphatic rings. The third kappa shape index (κ3) is 9.57. The predicted molar refractivity (Wildman–Crippen MR) is 197 cm³/mol. The largest absolute Gasteiger partial charge is 0.478 e. The SMILES string of the molecule is O=C(O)C1=C/C(=N\Nc2ccc(NC(=O)c3ccc(C(=O)Nc4ccc(N/N=C5/C=CC(=O)C(C(=O)O)=C5)c(S(=O)(=O)O)c4)cc3)cc2S(=O)(=O)O)C=CC1=O. The molecule has 0 bridgehead atoms. The minimum absolute atomic E-state index is 0.00332. The lowest BCUT2D eigenvalue weighted by Crippen LogP contribution is -2.16. The van der Waals surface area contributed by atoms with Gasteiger partial charge in [0.05, 0.1) is 22.8 Å². The van der Waals surface area contributed by atoms with Gasteiger partial charge in [-0.3, -0.25) is 39.1 Å². The van der Waals surface area contributed by atoms with Crippen molar-refractivity contribution in [2.45, 2.75) is 9.79 Å². The molecule has 2 amide bonds. The fraction of sp³-hybridized carbons (Fsp3) is 0. The van der Waals surface area contributed by atoms with E-state index in [1.807, 2.05) is 0 Å². The van der Waals surface area contributed by atoms with Crippen molar-refractivity contribution >= 4 is 89.7 Å². The monoisotopic (exact) mass is 804 g/mol. The number of nitrogens with one attached hydrogen (secondary N) is 4. The molecule has 3 aromatic rings. The fourth-order valence-corrected chi connectivity index (χ4v) is 6.09. The molecule has 0 radical (unpaired) electrons. The number of carbonyl (C=O) groups is 6. The van der Waals surface area contributed by atoms with Crippen LogP contribution in [-0.2, 0) is 39.4 Å². The highest BCUT2D eigenvalue weighted by Crippen LogP contribution is 2.28. The second-order valence-electron chi connectivity index (χ2n) is 11.3. The summed E-state index contributed by atoms with van der Waals surface area (Å²) in [5, 5.41) is 30.8. The molecule has 3 aromatic carbocycles. The van der Waals surface area contributed by atoms with E-state index in [0.717, 1.165) is 48.6 Å². The van der Waals surface area contributed by atoms with E-state index in [-0.39, 0.29) is 45.3 Å². The van der Waals surface area contributed by atoms with Gasteiger partial charge in [-0.1, -0.05) is 0 Å². The van der Waals surface area contributed by atoms with Crippen molar-refractivity contribution in [3.8, 4) is 0 Å². The number of carboxylic acid groups (broad SMARTS) is 2. The average Bonchev–Trinajstić information content (AvgIpc) is 3.13. The third-order valence-electron chi connectivity index (χ3n) is 7.44. The number of aliphatic carboxylic acids is 2. The molecule has 0 spiro atoms. The standard InChI is InChI=1S/C34H24N6O14S2/c41-27-11-7-21(13-23(27)33(45)46)37-39-25-9-5-19(15-29(25)55(49,50)51)35-31(43)17-1-2-18(4-3-17)32(44)36-20-6-10-26(30(16-20)56(52,53)54)40-38-22-8-12-28(42)24(14-22)34(47)48/h1-16,39-40H,(H,35,43)(H,36,44)(H,45,46)(H,47,48)(H,49,50,51)(H,52,53,54)/b37-21-,38-22-. The van der Waals surface area contributed by atoms with Gasteiger partial charge in [0.1, 0.15) is 20.9 Å². The first kappa shape index (κ1) is 39.8. The number of hydrazone groups is 2. The van der Waals surface area contributed by atoms with Gasteiger partial charge in [-0.15, -0.1) is 0 Å². The van der Waals surface area contributed by atoms with Crippen LogP contribution in [0.5, 0.6) is 0 Å². The molecule has 20 nitrogen and oxygen atoms in total. The molecule has 5 rings (SSSR count). The summed E-state index contributed by atoms with van der Waals surface area (Å²) >= 11 is 0. The first-order chi connectivity index (χ1) is 26.3. The van der Waals surface area contributed by atoms with E-state index < -0.39 is 76.5 Å². The van der Waals surface area contributed by atoms with Crippen molar-refractivity contribution in [2.24, 2.45) is 10.2 Å². The molecule has 56 heavy (non-hydrogen) atoms. The molecule has 0 aromatic heterocycles. The highest BCUT2D eigenvalue weighted by molar-refractivity contribution is 7.86. The Morgan fingerprint density at radius 3 is 1.21 bits per heavy atom. The van der Waals surface area contributed by atoms with Gasteiger partial charge in [-0.05, 0) is 97.1 Å². The number of benzene rings is 3. The maximum absolute atomic E-state index is 13.0. The average molecular weight is 805 g/mol. The Hall–Kier alpha value is -7.40. The summed E-state index contributed by atoms with van der Waals surface area (Å²) in [6, 6.07) is 11.6. The highest BCUT2D eigenvalue weighted by atomic mass is 32.2. The summed E-state index contributed by atoms with van der Waals surface area (Å²) < 4.78 is 68.1. The first-order valence-corrected chi connectivity index (χ1v) is 18.2. The molecule has 0 atom stereocenters. The maximum atomic E-state index is 13.0. The van der Waals surface area contributed by atoms with Gasteiger partial charge < -0.3 is 20.8 Å². The van der Waals surface area contributed by atoms with E-state index >= 15 is 0 Å². The number of hydrogen-bond acceptors (Lipinski definition) is 14. The van der Waals surface area contributed by atoms with Gasteiger partial charge in [-0.25, -0.2) is 9.59 Å². The molecular formula is C34H24N6O14S2. The van der Waals surface area contributed by atoms with Crippen LogP contribution in [-0.4, -0.2) is 82.9 Å². The van der Waals surface area contributed by atoms with Gasteiger partial charge in [0.25, 0.3) is 32.1 Å². The van der Waals surface area contributed by atoms with Crippen molar-refractivity contribution < 1.29 is 64.9 Å². The number of amides is 2. The van der Waals surface area contributed by atoms with Crippen molar-refractivity contribution in [1.82, 2.24) is 0 Å². The summed E-state index contributed by atoms with van der Waals surface area (Å²) in [4.78, 5) is 70.3. The van der Waals surface area contributed by atoms with Gasteiger partial charge >= 0.3 is 11.9 Å². The number of carboxylic acids is 2. The lowest BCUT2D eigenvalue weighted by Gasteiger charge is -2.12. The molecule has 0 heterocycles.